The molecule has 0 saturated heterocycles. The van der Waals surface area contributed by atoms with Crippen molar-refractivity contribution >= 4 is 22.9 Å². The number of carbonyl (C=O) groups is 1. The van der Waals surface area contributed by atoms with E-state index in [2.05, 4.69) is 32.0 Å². The number of hydrogen-bond acceptors (Lipinski definition) is 4. The molecule has 5 nitrogen and oxygen atoms in total. The number of unbranched alkanes of at least 4 members (excludes halogenated alkanes) is 1. The van der Waals surface area contributed by atoms with Crippen LogP contribution in [-0.4, -0.2) is 38.5 Å². The number of rotatable bonds is 12. The molecule has 1 fully saturated rings. The second kappa shape index (κ2) is 12.0. The molecule has 0 aliphatic heterocycles. The Morgan fingerprint density at radius 3 is 2.54 bits per heavy atom. The quantitative estimate of drug-likeness (QED) is 0.251. The van der Waals surface area contributed by atoms with Gasteiger partial charge < -0.3 is 15.3 Å². The largest absolute Gasteiger partial charge is 0.481 e. The Balaban J connectivity index is 1.81. The topological polar surface area (TPSA) is 90.7 Å². The first-order valence-electron chi connectivity index (χ1n) is 13.3. The maximum Gasteiger partial charge on any atom is 0.305 e. The summed E-state index contributed by atoms with van der Waals surface area (Å²) in [7, 11) is 0. The number of aromatic nitrogens is 1. The molecule has 0 radical (unpaired) electrons. The zero-order valence-corrected chi connectivity index (χ0v) is 21.5. The molecule has 0 bridgehead atoms. The smallest absolute Gasteiger partial charge is 0.305 e. The van der Waals surface area contributed by atoms with Crippen LogP contribution in [0, 0.1) is 5.82 Å². The van der Waals surface area contributed by atoms with Crippen molar-refractivity contribution in [1.29, 1.82) is 0 Å². The highest BCUT2D eigenvalue weighted by molar-refractivity contribution is 5.99. The Morgan fingerprint density at radius 1 is 1.16 bits per heavy atom. The molecule has 0 amide bonds. The van der Waals surface area contributed by atoms with Gasteiger partial charge in [0.15, 0.2) is 0 Å². The normalized spacial score (nSPS) is 16.2. The summed E-state index contributed by atoms with van der Waals surface area (Å²) in [4.78, 5) is 16.0. The third kappa shape index (κ3) is 6.82. The highest BCUT2D eigenvalue weighted by atomic mass is 19.1. The lowest BCUT2D eigenvalue weighted by atomic mass is 9.89. The molecule has 4 rings (SSSR count). The van der Waals surface area contributed by atoms with Gasteiger partial charge >= 0.3 is 5.97 Å². The van der Waals surface area contributed by atoms with E-state index in [0.29, 0.717) is 11.8 Å². The minimum absolute atomic E-state index is 0.0759. The molecule has 1 aliphatic carbocycles. The zero-order chi connectivity index (χ0) is 26.5. The van der Waals surface area contributed by atoms with Gasteiger partial charge in [-0.1, -0.05) is 63.1 Å². The van der Waals surface area contributed by atoms with Crippen molar-refractivity contribution in [3.63, 3.8) is 0 Å². The summed E-state index contributed by atoms with van der Waals surface area (Å²) in [6.07, 6.45) is 6.29. The molecule has 1 heterocycles. The predicted molar refractivity (Wildman–Crippen MR) is 145 cm³/mol. The number of pyridine rings is 1. The molecular formula is C31H36FNO4. The summed E-state index contributed by atoms with van der Waals surface area (Å²) >= 11 is 0. The van der Waals surface area contributed by atoms with Crippen LogP contribution in [0.2, 0.25) is 0 Å². The summed E-state index contributed by atoms with van der Waals surface area (Å²) < 4.78 is 13.8. The second-order valence-electron chi connectivity index (χ2n) is 10.3. The molecule has 37 heavy (non-hydrogen) atoms. The van der Waals surface area contributed by atoms with E-state index in [1.165, 1.54) is 24.1 Å². The van der Waals surface area contributed by atoms with E-state index < -0.39 is 24.6 Å². The third-order valence-corrected chi connectivity index (χ3v) is 7.14. The first kappa shape index (κ1) is 27.0. The molecule has 2 aromatic carbocycles. The van der Waals surface area contributed by atoms with E-state index in [1.54, 1.807) is 18.2 Å². The Hall–Kier alpha value is -3.09. The van der Waals surface area contributed by atoms with Crippen LogP contribution in [0.1, 0.15) is 87.4 Å². The lowest BCUT2D eigenvalue weighted by Gasteiger charge is -2.18. The van der Waals surface area contributed by atoms with Crippen LogP contribution in [0.15, 0.2) is 48.5 Å². The van der Waals surface area contributed by atoms with E-state index in [9.17, 15) is 19.4 Å². The maximum absolute atomic E-state index is 13.8. The summed E-state index contributed by atoms with van der Waals surface area (Å²) in [6, 6.07) is 12.9. The van der Waals surface area contributed by atoms with E-state index >= 15 is 0 Å². The number of halogens is 1. The van der Waals surface area contributed by atoms with Gasteiger partial charge in [0.25, 0.3) is 0 Å². The van der Waals surface area contributed by atoms with Crippen molar-refractivity contribution in [2.45, 2.75) is 82.8 Å². The average Bonchev–Trinajstić information content (AvgIpc) is 3.70. The summed E-state index contributed by atoms with van der Waals surface area (Å²) in [5, 5.41) is 30.3. The number of benzene rings is 2. The zero-order valence-electron chi connectivity index (χ0n) is 21.5. The van der Waals surface area contributed by atoms with Crippen LogP contribution in [-0.2, 0) is 4.79 Å². The van der Waals surface area contributed by atoms with Gasteiger partial charge in [-0.2, -0.15) is 0 Å². The Labute approximate surface area is 217 Å². The molecule has 0 unspecified atom stereocenters. The number of aliphatic hydroxyl groups is 2. The van der Waals surface area contributed by atoms with Gasteiger partial charge in [-0.3, -0.25) is 9.78 Å². The van der Waals surface area contributed by atoms with Crippen molar-refractivity contribution < 1.29 is 24.5 Å². The number of aliphatic carboxylic acids is 1. The number of aliphatic hydroxyl groups excluding tert-OH is 2. The molecule has 0 spiro atoms. The maximum atomic E-state index is 13.8. The summed E-state index contributed by atoms with van der Waals surface area (Å²) in [6.45, 7) is 4.45. The van der Waals surface area contributed by atoms with Gasteiger partial charge in [0, 0.05) is 28.9 Å². The summed E-state index contributed by atoms with van der Waals surface area (Å²) in [5.74, 6) is -0.673. The molecule has 196 valence electrons. The lowest BCUT2D eigenvalue weighted by Crippen LogP contribution is -2.19. The molecule has 6 heteroatoms. The summed E-state index contributed by atoms with van der Waals surface area (Å²) in [5.41, 5.74) is 5.81. The van der Waals surface area contributed by atoms with Crippen molar-refractivity contribution in [3.8, 4) is 11.1 Å². The van der Waals surface area contributed by atoms with Crippen LogP contribution in [0.5, 0.6) is 0 Å². The SMILES string of the molecule is CCCC[C@H](C)c1ccc2c(-c3ccc(F)cc3)c(/C=C/[C@@H](O)C[C@@H](O)CC(=O)O)c(C3CC3)nc2c1. The Kier molecular flexibility index (Phi) is 8.72. The van der Waals surface area contributed by atoms with E-state index in [4.69, 9.17) is 10.1 Å². The van der Waals surface area contributed by atoms with Crippen LogP contribution in [0.25, 0.3) is 28.1 Å². The number of nitrogens with zero attached hydrogens (tertiary/aromatic N) is 1. The fraction of sp³-hybridized carbons (Fsp3) is 0.419. The first-order chi connectivity index (χ1) is 17.8. The lowest BCUT2D eigenvalue weighted by molar-refractivity contribution is -0.139. The predicted octanol–water partition coefficient (Wildman–Crippen LogP) is 6.81. The van der Waals surface area contributed by atoms with Crippen molar-refractivity contribution in [2.24, 2.45) is 0 Å². The van der Waals surface area contributed by atoms with Gasteiger partial charge in [-0.15, -0.1) is 0 Å². The molecule has 1 saturated carbocycles. The van der Waals surface area contributed by atoms with Gasteiger partial charge in [0.2, 0.25) is 0 Å². The standard InChI is InChI=1S/C31H36FNO4/c1-3-4-5-19(2)22-10-14-26-28(16-22)33-31(21-6-7-21)27(30(26)20-8-11-23(32)12-9-20)15-13-24(34)17-25(35)18-29(36)37/h8-16,19,21,24-25,34-35H,3-7,17-18H2,1-2H3,(H,36,37)/b15-13+/t19-,24+,25+/m0/s1. The van der Waals surface area contributed by atoms with Crippen LogP contribution < -0.4 is 0 Å². The minimum Gasteiger partial charge on any atom is -0.481 e. The third-order valence-electron chi connectivity index (χ3n) is 7.14. The van der Waals surface area contributed by atoms with Gasteiger partial charge in [-0.05, 0) is 54.5 Å². The number of fused-ring (bicyclic) bond motifs is 1. The highest BCUT2D eigenvalue weighted by Crippen LogP contribution is 2.45. The molecule has 3 N–H and O–H groups in total. The van der Waals surface area contributed by atoms with Crippen LogP contribution >= 0.6 is 0 Å². The average molecular weight is 506 g/mol. The van der Waals surface area contributed by atoms with Crippen LogP contribution in [0.4, 0.5) is 4.39 Å². The number of hydrogen-bond donors (Lipinski definition) is 3. The van der Waals surface area contributed by atoms with Crippen LogP contribution in [0.3, 0.4) is 0 Å². The van der Waals surface area contributed by atoms with E-state index in [0.717, 1.165) is 59.0 Å². The molecule has 3 atom stereocenters. The minimum atomic E-state index is -1.14. The Morgan fingerprint density at radius 2 is 1.89 bits per heavy atom. The highest BCUT2D eigenvalue weighted by Gasteiger charge is 2.30. The fourth-order valence-corrected chi connectivity index (χ4v) is 4.91. The molecular weight excluding hydrogens is 469 g/mol. The molecule has 1 aromatic heterocycles. The van der Waals surface area contributed by atoms with Gasteiger partial charge in [-0.25, -0.2) is 4.39 Å². The number of carboxylic acids is 1. The second-order valence-corrected chi connectivity index (χ2v) is 10.3. The molecule has 3 aromatic rings. The molecule has 1 aliphatic rings. The van der Waals surface area contributed by atoms with Crippen molar-refractivity contribution in [3.05, 3.63) is 71.2 Å². The fourth-order valence-electron chi connectivity index (χ4n) is 4.91. The van der Waals surface area contributed by atoms with E-state index in [-0.39, 0.29) is 12.2 Å². The van der Waals surface area contributed by atoms with Gasteiger partial charge in [0.1, 0.15) is 5.82 Å². The van der Waals surface area contributed by atoms with Crippen molar-refractivity contribution in [2.75, 3.05) is 0 Å². The van der Waals surface area contributed by atoms with Crippen molar-refractivity contribution in [1.82, 2.24) is 4.98 Å². The van der Waals surface area contributed by atoms with Gasteiger partial charge in [0.05, 0.1) is 29.8 Å². The number of carboxylic acid groups (broad SMARTS) is 1. The monoisotopic (exact) mass is 505 g/mol. The van der Waals surface area contributed by atoms with E-state index in [1.807, 2.05) is 6.08 Å². The Bertz CT molecular complexity index is 1270. The first-order valence-corrected chi connectivity index (χ1v) is 13.3.